The minimum atomic E-state index is -0.422. The zero-order valence-electron chi connectivity index (χ0n) is 20.0. The number of hydrogen-bond acceptors (Lipinski definition) is 4. The second kappa shape index (κ2) is 10.7. The average Bonchev–Trinajstić information content (AvgIpc) is 3.23. The summed E-state index contributed by atoms with van der Waals surface area (Å²) in [5.74, 6) is 0.348. The van der Waals surface area contributed by atoms with Crippen molar-refractivity contribution in [3.63, 3.8) is 0 Å². The third kappa shape index (κ3) is 4.93. The fraction of sp³-hybridized carbons (Fsp3) is 0.444. The summed E-state index contributed by atoms with van der Waals surface area (Å²) in [7, 11) is 1.62. The summed E-state index contributed by atoms with van der Waals surface area (Å²) < 4.78 is 5.29. The fourth-order valence-electron chi connectivity index (χ4n) is 4.95. The molecule has 2 fully saturated rings. The van der Waals surface area contributed by atoms with Crippen molar-refractivity contribution in [1.82, 2.24) is 14.7 Å². The molecule has 3 amide bonds. The molecule has 0 radical (unpaired) electrons. The lowest BCUT2D eigenvalue weighted by Crippen LogP contribution is -2.52. The average molecular weight is 464 g/mol. The van der Waals surface area contributed by atoms with E-state index in [9.17, 15) is 14.4 Å². The van der Waals surface area contributed by atoms with Crippen molar-refractivity contribution in [3.05, 3.63) is 65.7 Å². The first-order valence-electron chi connectivity index (χ1n) is 12.1. The Hall–Kier alpha value is -3.35. The number of carbonyl (C=O) groups excluding carboxylic acids is 3. The largest absolute Gasteiger partial charge is 0.497 e. The number of benzene rings is 2. The molecule has 0 saturated carbocycles. The van der Waals surface area contributed by atoms with Crippen molar-refractivity contribution in [3.8, 4) is 5.75 Å². The molecule has 2 aromatic carbocycles. The first kappa shape index (κ1) is 23.8. The number of rotatable bonds is 7. The van der Waals surface area contributed by atoms with Crippen molar-refractivity contribution < 1.29 is 19.1 Å². The number of carbonyl (C=O) groups is 3. The van der Waals surface area contributed by atoms with E-state index >= 15 is 0 Å². The first-order chi connectivity index (χ1) is 16.5. The third-order valence-corrected chi connectivity index (χ3v) is 6.86. The van der Waals surface area contributed by atoms with Gasteiger partial charge >= 0.3 is 0 Å². The van der Waals surface area contributed by atoms with E-state index in [0.29, 0.717) is 38.3 Å². The van der Waals surface area contributed by atoms with Gasteiger partial charge in [-0.3, -0.25) is 14.4 Å². The quantitative estimate of drug-likeness (QED) is 0.631. The van der Waals surface area contributed by atoms with Crippen molar-refractivity contribution in [2.24, 2.45) is 5.92 Å². The molecular formula is C27H33N3O4. The highest BCUT2D eigenvalue weighted by Crippen LogP contribution is 2.40. The maximum absolute atomic E-state index is 13.6. The summed E-state index contributed by atoms with van der Waals surface area (Å²) in [6.07, 6.45) is 2.11. The van der Waals surface area contributed by atoms with Crippen LogP contribution in [0.1, 0.15) is 48.1 Å². The number of unbranched alkanes of at least 4 members (excludes halogenated alkanes) is 1. The molecule has 7 heteroatoms. The molecule has 2 heterocycles. The van der Waals surface area contributed by atoms with Gasteiger partial charge in [0, 0.05) is 44.7 Å². The van der Waals surface area contributed by atoms with Crippen molar-refractivity contribution in [2.75, 3.05) is 39.8 Å². The summed E-state index contributed by atoms with van der Waals surface area (Å²) >= 11 is 0. The fourth-order valence-corrected chi connectivity index (χ4v) is 4.95. The Morgan fingerprint density at radius 1 is 0.941 bits per heavy atom. The number of nitrogens with zero attached hydrogens (tertiary/aromatic N) is 3. The number of amides is 3. The minimum Gasteiger partial charge on any atom is -0.497 e. The topological polar surface area (TPSA) is 70.2 Å². The van der Waals surface area contributed by atoms with Crippen LogP contribution in [0.15, 0.2) is 54.6 Å². The molecule has 0 aromatic heterocycles. The number of methoxy groups -OCH3 is 1. The summed E-state index contributed by atoms with van der Waals surface area (Å²) in [4.78, 5) is 44.9. The van der Waals surface area contributed by atoms with Crippen LogP contribution in [0.2, 0.25) is 0 Å². The third-order valence-electron chi connectivity index (χ3n) is 6.86. The van der Waals surface area contributed by atoms with Crippen LogP contribution in [0.3, 0.4) is 0 Å². The molecule has 180 valence electrons. The highest BCUT2D eigenvalue weighted by Gasteiger charge is 2.46. The minimum absolute atomic E-state index is 0.0000217. The molecule has 2 aromatic rings. The number of hydrogen-bond donors (Lipinski definition) is 0. The Morgan fingerprint density at radius 3 is 2.21 bits per heavy atom. The second-order valence-corrected chi connectivity index (χ2v) is 8.95. The Bertz CT molecular complexity index is 1000. The van der Waals surface area contributed by atoms with E-state index in [-0.39, 0.29) is 30.2 Å². The van der Waals surface area contributed by atoms with E-state index in [4.69, 9.17) is 4.74 Å². The van der Waals surface area contributed by atoms with Crippen molar-refractivity contribution in [1.29, 1.82) is 0 Å². The lowest BCUT2D eigenvalue weighted by atomic mass is 9.91. The van der Waals surface area contributed by atoms with Crippen LogP contribution in [0.5, 0.6) is 5.75 Å². The predicted octanol–water partition coefficient (Wildman–Crippen LogP) is 3.37. The molecule has 2 saturated heterocycles. The highest BCUT2D eigenvalue weighted by atomic mass is 16.5. The van der Waals surface area contributed by atoms with Gasteiger partial charge in [-0.15, -0.1) is 0 Å². The van der Waals surface area contributed by atoms with E-state index in [1.807, 2.05) is 64.4 Å². The van der Waals surface area contributed by atoms with E-state index < -0.39 is 5.92 Å². The predicted molar refractivity (Wildman–Crippen MR) is 129 cm³/mol. The normalized spacial score (nSPS) is 20.5. The molecule has 0 aliphatic carbocycles. The number of likely N-dealkylation sites (tertiary alicyclic amines) is 1. The van der Waals surface area contributed by atoms with Crippen LogP contribution < -0.4 is 4.74 Å². The van der Waals surface area contributed by atoms with Crippen LogP contribution in [-0.4, -0.2) is 72.3 Å². The Morgan fingerprint density at radius 2 is 1.59 bits per heavy atom. The summed E-state index contributed by atoms with van der Waals surface area (Å²) in [5.41, 5.74) is 1.62. The molecule has 0 unspecified atom stereocenters. The molecule has 0 bridgehead atoms. The van der Waals surface area contributed by atoms with Crippen LogP contribution in [0, 0.1) is 5.92 Å². The van der Waals surface area contributed by atoms with E-state index in [0.717, 1.165) is 24.2 Å². The van der Waals surface area contributed by atoms with Gasteiger partial charge in [0.2, 0.25) is 11.8 Å². The van der Waals surface area contributed by atoms with Gasteiger partial charge in [-0.1, -0.05) is 43.7 Å². The Labute approximate surface area is 201 Å². The number of piperazine rings is 1. The first-order valence-corrected chi connectivity index (χ1v) is 12.1. The molecule has 2 atom stereocenters. The van der Waals surface area contributed by atoms with Gasteiger partial charge in [0.25, 0.3) is 5.91 Å². The van der Waals surface area contributed by atoms with Crippen LogP contribution in [0.25, 0.3) is 0 Å². The Kier molecular flexibility index (Phi) is 7.50. The van der Waals surface area contributed by atoms with Crippen LogP contribution in [-0.2, 0) is 9.59 Å². The van der Waals surface area contributed by atoms with Crippen molar-refractivity contribution >= 4 is 17.7 Å². The summed E-state index contributed by atoms with van der Waals surface area (Å²) in [6.45, 7) is 4.69. The van der Waals surface area contributed by atoms with Crippen LogP contribution >= 0.6 is 0 Å². The molecule has 4 rings (SSSR count). The standard InChI is InChI=1S/C27H33N3O4/c1-3-4-14-30-24(31)19-23(25(30)20-10-12-22(34-2)13-11-20)27(33)29-17-15-28(16-18-29)26(32)21-8-6-5-7-9-21/h5-13,23,25H,3-4,14-19H2,1-2H3/t23-,25+/m0/s1. The molecular weight excluding hydrogens is 430 g/mol. The zero-order chi connectivity index (χ0) is 24.1. The van der Waals surface area contributed by atoms with Crippen molar-refractivity contribution in [2.45, 2.75) is 32.2 Å². The molecule has 7 nitrogen and oxygen atoms in total. The van der Waals surface area contributed by atoms with Gasteiger partial charge in [-0.2, -0.15) is 0 Å². The summed E-state index contributed by atoms with van der Waals surface area (Å²) in [5, 5.41) is 0. The highest BCUT2D eigenvalue weighted by molar-refractivity contribution is 5.94. The van der Waals surface area contributed by atoms with Gasteiger partial charge < -0.3 is 19.4 Å². The van der Waals surface area contributed by atoms with Crippen LogP contribution in [0.4, 0.5) is 0 Å². The number of ether oxygens (including phenoxy) is 1. The van der Waals surface area contributed by atoms with E-state index in [2.05, 4.69) is 6.92 Å². The maximum atomic E-state index is 13.6. The van der Waals surface area contributed by atoms with E-state index in [1.54, 1.807) is 12.0 Å². The molecule has 0 spiro atoms. The molecule has 2 aliphatic rings. The molecule has 34 heavy (non-hydrogen) atoms. The van der Waals surface area contributed by atoms with Gasteiger partial charge in [-0.05, 0) is 36.2 Å². The van der Waals surface area contributed by atoms with E-state index in [1.165, 1.54) is 0 Å². The van der Waals surface area contributed by atoms with Gasteiger partial charge in [0.05, 0.1) is 19.1 Å². The van der Waals surface area contributed by atoms with Gasteiger partial charge in [-0.25, -0.2) is 0 Å². The molecule has 0 N–H and O–H groups in total. The lowest BCUT2D eigenvalue weighted by molar-refractivity contribution is -0.138. The summed E-state index contributed by atoms with van der Waals surface area (Å²) in [6, 6.07) is 16.6. The maximum Gasteiger partial charge on any atom is 0.253 e. The Balaban J connectivity index is 1.48. The SMILES string of the molecule is CCCCN1C(=O)C[C@H](C(=O)N2CCN(C(=O)c3ccccc3)CC2)[C@H]1c1ccc(OC)cc1. The lowest BCUT2D eigenvalue weighted by Gasteiger charge is -2.37. The second-order valence-electron chi connectivity index (χ2n) is 8.95. The smallest absolute Gasteiger partial charge is 0.253 e. The molecule has 2 aliphatic heterocycles. The van der Waals surface area contributed by atoms with Gasteiger partial charge in [0.15, 0.2) is 0 Å². The monoisotopic (exact) mass is 463 g/mol. The van der Waals surface area contributed by atoms with Gasteiger partial charge in [0.1, 0.15) is 5.75 Å². The zero-order valence-corrected chi connectivity index (χ0v) is 20.0.